The number of carbonyl (C=O) groups is 1. The van der Waals surface area contributed by atoms with E-state index in [9.17, 15) is 4.79 Å². The van der Waals surface area contributed by atoms with Crippen molar-refractivity contribution in [2.24, 2.45) is 5.92 Å². The Labute approximate surface area is 122 Å². The lowest BCUT2D eigenvalue weighted by Crippen LogP contribution is -2.52. The van der Waals surface area contributed by atoms with E-state index in [-0.39, 0.29) is 5.91 Å². The molecule has 0 atom stereocenters. The maximum absolute atomic E-state index is 11.8. The van der Waals surface area contributed by atoms with Crippen LogP contribution in [0.15, 0.2) is 22.8 Å². The first-order valence-corrected chi connectivity index (χ1v) is 6.87. The standard InChI is InChI=1S/C14H17N5O2/c1-9-3-4-13(18-17-9)19-6-11(7-19)5-15-14(20)12-8-21-10(2)16-12/h3-4,8,11H,5-7H2,1-2H3,(H,15,20). The molecule has 110 valence electrons. The van der Waals surface area contributed by atoms with E-state index in [1.54, 1.807) is 6.92 Å². The number of oxazole rings is 1. The summed E-state index contributed by atoms with van der Waals surface area (Å²) >= 11 is 0. The summed E-state index contributed by atoms with van der Waals surface area (Å²) in [5.74, 6) is 1.61. The Kier molecular flexibility index (Phi) is 3.55. The minimum atomic E-state index is -0.194. The minimum absolute atomic E-state index is 0.194. The van der Waals surface area contributed by atoms with Crippen LogP contribution in [0.3, 0.4) is 0 Å². The second kappa shape index (κ2) is 5.51. The van der Waals surface area contributed by atoms with Crippen molar-refractivity contribution < 1.29 is 9.21 Å². The molecule has 0 aromatic carbocycles. The molecule has 2 aromatic rings. The lowest BCUT2D eigenvalue weighted by molar-refractivity contribution is 0.0939. The van der Waals surface area contributed by atoms with E-state index in [0.29, 0.717) is 24.0 Å². The smallest absolute Gasteiger partial charge is 0.273 e. The van der Waals surface area contributed by atoms with E-state index < -0.39 is 0 Å². The molecule has 7 heteroatoms. The van der Waals surface area contributed by atoms with Gasteiger partial charge in [0.15, 0.2) is 17.4 Å². The molecule has 21 heavy (non-hydrogen) atoms. The topological polar surface area (TPSA) is 84.2 Å². The van der Waals surface area contributed by atoms with Gasteiger partial charge in [-0.05, 0) is 19.1 Å². The maximum Gasteiger partial charge on any atom is 0.273 e. The molecule has 0 spiro atoms. The Morgan fingerprint density at radius 3 is 2.81 bits per heavy atom. The van der Waals surface area contributed by atoms with Crippen molar-refractivity contribution >= 4 is 11.7 Å². The number of carbonyl (C=O) groups excluding carboxylic acids is 1. The Morgan fingerprint density at radius 2 is 2.19 bits per heavy atom. The van der Waals surface area contributed by atoms with Crippen molar-refractivity contribution in [1.29, 1.82) is 0 Å². The largest absolute Gasteiger partial charge is 0.448 e. The quantitative estimate of drug-likeness (QED) is 0.901. The summed E-state index contributed by atoms with van der Waals surface area (Å²) in [6, 6.07) is 3.92. The average molecular weight is 287 g/mol. The normalized spacial score (nSPS) is 14.9. The summed E-state index contributed by atoms with van der Waals surface area (Å²) in [5.41, 5.74) is 1.24. The number of hydrogen-bond donors (Lipinski definition) is 1. The van der Waals surface area contributed by atoms with Gasteiger partial charge in [-0.25, -0.2) is 4.98 Å². The van der Waals surface area contributed by atoms with Gasteiger partial charge in [0.1, 0.15) is 6.26 Å². The lowest BCUT2D eigenvalue weighted by atomic mass is 10.0. The Hall–Kier alpha value is -2.44. The van der Waals surface area contributed by atoms with Crippen LogP contribution in [0, 0.1) is 19.8 Å². The van der Waals surface area contributed by atoms with Gasteiger partial charge in [0.05, 0.1) is 5.69 Å². The second-order valence-corrected chi connectivity index (χ2v) is 5.27. The summed E-state index contributed by atoms with van der Waals surface area (Å²) in [5, 5.41) is 11.1. The zero-order valence-electron chi connectivity index (χ0n) is 12.0. The van der Waals surface area contributed by atoms with E-state index in [1.165, 1.54) is 6.26 Å². The van der Waals surface area contributed by atoms with Crippen molar-refractivity contribution in [3.63, 3.8) is 0 Å². The Balaban J connectivity index is 1.45. The fourth-order valence-electron chi connectivity index (χ4n) is 2.24. The van der Waals surface area contributed by atoms with E-state index in [4.69, 9.17) is 4.42 Å². The molecule has 1 amide bonds. The van der Waals surface area contributed by atoms with Crippen LogP contribution in [-0.2, 0) is 0 Å². The summed E-state index contributed by atoms with van der Waals surface area (Å²) in [6.45, 7) is 5.99. The monoisotopic (exact) mass is 287 g/mol. The molecule has 1 saturated heterocycles. The van der Waals surface area contributed by atoms with Crippen LogP contribution in [-0.4, -0.2) is 40.7 Å². The van der Waals surface area contributed by atoms with E-state index in [0.717, 1.165) is 24.6 Å². The van der Waals surface area contributed by atoms with Crippen molar-refractivity contribution in [3.05, 3.63) is 35.7 Å². The summed E-state index contributed by atoms with van der Waals surface area (Å²) < 4.78 is 5.02. The second-order valence-electron chi connectivity index (χ2n) is 5.27. The first-order valence-electron chi connectivity index (χ1n) is 6.87. The van der Waals surface area contributed by atoms with E-state index >= 15 is 0 Å². The number of aromatic nitrogens is 3. The summed E-state index contributed by atoms with van der Waals surface area (Å²) in [7, 11) is 0. The molecular formula is C14H17N5O2. The van der Waals surface area contributed by atoms with Gasteiger partial charge in [-0.3, -0.25) is 4.79 Å². The van der Waals surface area contributed by atoms with Gasteiger partial charge in [-0.15, -0.1) is 5.10 Å². The first kappa shape index (κ1) is 13.5. The van der Waals surface area contributed by atoms with Gasteiger partial charge in [0.25, 0.3) is 5.91 Å². The van der Waals surface area contributed by atoms with Gasteiger partial charge < -0.3 is 14.6 Å². The molecule has 1 aliphatic heterocycles. The molecule has 7 nitrogen and oxygen atoms in total. The molecule has 0 saturated carbocycles. The average Bonchev–Trinajstić information content (AvgIpc) is 2.85. The highest BCUT2D eigenvalue weighted by Gasteiger charge is 2.28. The fourth-order valence-corrected chi connectivity index (χ4v) is 2.24. The Morgan fingerprint density at radius 1 is 1.38 bits per heavy atom. The predicted octanol–water partition coefficient (Wildman–Crippen LogP) is 0.948. The third-order valence-electron chi connectivity index (χ3n) is 3.47. The molecule has 0 unspecified atom stereocenters. The number of aryl methyl sites for hydroxylation is 2. The third kappa shape index (κ3) is 3.01. The van der Waals surface area contributed by atoms with Gasteiger partial charge in [-0.1, -0.05) is 0 Å². The first-order chi connectivity index (χ1) is 10.1. The molecule has 1 N–H and O–H groups in total. The number of nitrogens with one attached hydrogen (secondary N) is 1. The van der Waals surface area contributed by atoms with Gasteiger partial charge >= 0.3 is 0 Å². The molecule has 0 radical (unpaired) electrons. The number of nitrogens with zero attached hydrogens (tertiary/aromatic N) is 4. The minimum Gasteiger partial charge on any atom is -0.448 e. The summed E-state index contributed by atoms with van der Waals surface area (Å²) in [4.78, 5) is 18.0. The highest BCUT2D eigenvalue weighted by molar-refractivity contribution is 5.91. The molecule has 1 fully saturated rings. The molecule has 3 rings (SSSR count). The van der Waals surface area contributed by atoms with Gasteiger partial charge in [0.2, 0.25) is 0 Å². The van der Waals surface area contributed by atoms with Crippen LogP contribution in [0.2, 0.25) is 0 Å². The van der Waals surface area contributed by atoms with Crippen molar-refractivity contribution in [3.8, 4) is 0 Å². The van der Waals surface area contributed by atoms with Crippen molar-refractivity contribution in [1.82, 2.24) is 20.5 Å². The molecule has 2 aromatic heterocycles. The number of amides is 1. The van der Waals surface area contributed by atoms with E-state index in [2.05, 4.69) is 25.4 Å². The zero-order valence-corrected chi connectivity index (χ0v) is 12.0. The highest BCUT2D eigenvalue weighted by atomic mass is 16.3. The van der Waals surface area contributed by atoms with Crippen LogP contribution in [0.1, 0.15) is 22.1 Å². The Bertz CT molecular complexity index is 631. The van der Waals surface area contributed by atoms with Crippen LogP contribution in [0.5, 0.6) is 0 Å². The molecule has 0 bridgehead atoms. The molecular weight excluding hydrogens is 270 g/mol. The van der Waals surface area contributed by atoms with E-state index in [1.807, 2.05) is 19.1 Å². The highest BCUT2D eigenvalue weighted by Crippen LogP contribution is 2.21. The van der Waals surface area contributed by atoms with Crippen LogP contribution in [0.4, 0.5) is 5.82 Å². The number of hydrogen-bond acceptors (Lipinski definition) is 6. The van der Waals surface area contributed by atoms with Gasteiger partial charge in [-0.2, -0.15) is 5.10 Å². The fraction of sp³-hybridized carbons (Fsp3) is 0.429. The molecule has 0 aliphatic carbocycles. The maximum atomic E-state index is 11.8. The lowest BCUT2D eigenvalue weighted by Gasteiger charge is -2.39. The predicted molar refractivity (Wildman–Crippen MR) is 76.0 cm³/mol. The SMILES string of the molecule is Cc1ccc(N2CC(CNC(=O)c3coc(C)n3)C2)nn1. The molecule has 1 aliphatic rings. The third-order valence-corrected chi connectivity index (χ3v) is 3.47. The van der Waals surface area contributed by atoms with Crippen LogP contribution in [0.25, 0.3) is 0 Å². The van der Waals surface area contributed by atoms with Crippen LogP contribution >= 0.6 is 0 Å². The number of rotatable bonds is 4. The molecule has 3 heterocycles. The van der Waals surface area contributed by atoms with Crippen LogP contribution < -0.4 is 10.2 Å². The van der Waals surface area contributed by atoms with Crippen molar-refractivity contribution in [2.45, 2.75) is 13.8 Å². The zero-order chi connectivity index (χ0) is 14.8. The van der Waals surface area contributed by atoms with Gasteiger partial charge in [0, 0.05) is 32.5 Å². The summed E-state index contributed by atoms with van der Waals surface area (Å²) in [6.07, 6.45) is 1.37. The van der Waals surface area contributed by atoms with Crippen molar-refractivity contribution in [2.75, 3.05) is 24.5 Å². The number of anilines is 1.